The third kappa shape index (κ3) is 4.21. The molecular formula is C21H29N5O. The van der Waals surface area contributed by atoms with E-state index in [0.29, 0.717) is 12.0 Å². The van der Waals surface area contributed by atoms with Crippen molar-refractivity contribution in [1.82, 2.24) is 24.6 Å². The topological polar surface area (TPSA) is 54.3 Å². The van der Waals surface area contributed by atoms with Gasteiger partial charge >= 0.3 is 0 Å². The molecule has 0 bridgehead atoms. The Hall–Kier alpha value is -2.21. The van der Waals surface area contributed by atoms with Gasteiger partial charge in [-0.25, -0.2) is 0 Å². The van der Waals surface area contributed by atoms with Crippen molar-refractivity contribution in [2.24, 2.45) is 11.8 Å². The first-order valence-electron chi connectivity index (χ1n) is 10.1. The Labute approximate surface area is 161 Å². The highest BCUT2D eigenvalue weighted by atomic mass is 16.2. The van der Waals surface area contributed by atoms with Gasteiger partial charge in [0, 0.05) is 43.5 Å². The number of nitrogens with zero attached hydrogens (tertiary/aromatic N) is 5. The van der Waals surface area contributed by atoms with Crippen LogP contribution in [0.2, 0.25) is 0 Å². The molecule has 2 heterocycles. The molecule has 27 heavy (non-hydrogen) atoms. The minimum absolute atomic E-state index is 0.143. The molecule has 2 fully saturated rings. The summed E-state index contributed by atoms with van der Waals surface area (Å²) in [4.78, 5) is 17.8. The Kier molecular flexibility index (Phi) is 5.25. The van der Waals surface area contributed by atoms with Gasteiger partial charge in [0.15, 0.2) is 0 Å². The molecule has 6 nitrogen and oxygen atoms in total. The highest BCUT2D eigenvalue weighted by Crippen LogP contribution is 2.32. The van der Waals surface area contributed by atoms with Crippen molar-refractivity contribution in [2.45, 2.75) is 39.2 Å². The number of benzene rings is 1. The van der Waals surface area contributed by atoms with Crippen LogP contribution in [0.1, 0.15) is 43.5 Å². The zero-order valence-electron chi connectivity index (χ0n) is 16.3. The Bertz CT molecular complexity index is 751. The highest BCUT2D eigenvalue weighted by molar-refractivity contribution is 5.94. The van der Waals surface area contributed by atoms with E-state index in [2.05, 4.69) is 33.8 Å². The van der Waals surface area contributed by atoms with Gasteiger partial charge in [-0.05, 0) is 55.4 Å². The van der Waals surface area contributed by atoms with Gasteiger partial charge in [0.1, 0.15) is 12.7 Å². The van der Waals surface area contributed by atoms with Gasteiger partial charge in [0.25, 0.3) is 5.91 Å². The Morgan fingerprint density at radius 3 is 2.44 bits per heavy atom. The van der Waals surface area contributed by atoms with Crippen LogP contribution in [-0.4, -0.2) is 62.7 Å². The fourth-order valence-corrected chi connectivity index (χ4v) is 4.03. The molecule has 0 N–H and O–H groups in total. The van der Waals surface area contributed by atoms with E-state index < -0.39 is 0 Å². The van der Waals surface area contributed by atoms with Crippen LogP contribution in [-0.2, 0) is 0 Å². The molecule has 2 aromatic rings. The van der Waals surface area contributed by atoms with E-state index in [1.165, 1.54) is 19.4 Å². The predicted octanol–water partition coefficient (Wildman–Crippen LogP) is 2.85. The molecule has 1 amide bonds. The van der Waals surface area contributed by atoms with E-state index in [0.717, 1.165) is 43.2 Å². The average molecular weight is 367 g/mol. The summed E-state index contributed by atoms with van der Waals surface area (Å²) in [5.74, 6) is 1.58. The average Bonchev–Trinajstić information content (AvgIpc) is 3.38. The Morgan fingerprint density at radius 2 is 1.81 bits per heavy atom. The maximum absolute atomic E-state index is 13.1. The smallest absolute Gasteiger partial charge is 0.253 e. The second-order valence-corrected chi connectivity index (χ2v) is 8.27. The lowest BCUT2D eigenvalue weighted by Gasteiger charge is -2.34. The number of carbonyl (C=O) groups excluding carboxylic acids is 1. The van der Waals surface area contributed by atoms with Crippen molar-refractivity contribution in [3.05, 3.63) is 42.5 Å². The largest absolute Gasteiger partial charge is 0.337 e. The SMILES string of the molecule is CC(C)[C@@H]1CN(C(=O)c2ccc(-n3cnnc3)cc2)CCCN1CC1CC1. The third-order valence-corrected chi connectivity index (χ3v) is 5.83. The quantitative estimate of drug-likeness (QED) is 0.815. The zero-order chi connectivity index (χ0) is 18.8. The normalized spacial score (nSPS) is 21.4. The van der Waals surface area contributed by atoms with Crippen LogP contribution in [0.5, 0.6) is 0 Å². The van der Waals surface area contributed by atoms with Crippen molar-refractivity contribution in [1.29, 1.82) is 0 Å². The van der Waals surface area contributed by atoms with Crippen molar-refractivity contribution < 1.29 is 4.79 Å². The van der Waals surface area contributed by atoms with Gasteiger partial charge in [-0.1, -0.05) is 13.8 Å². The van der Waals surface area contributed by atoms with Gasteiger partial charge in [-0.15, -0.1) is 10.2 Å². The third-order valence-electron chi connectivity index (χ3n) is 5.83. The monoisotopic (exact) mass is 367 g/mol. The van der Waals surface area contributed by atoms with Crippen LogP contribution in [0.4, 0.5) is 0 Å². The van der Waals surface area contributed by atoms with Crippen LogP contribution in [0.25, 0.3) is 5.69 Å². The van der Waals surface area contributed by atoms with Crippen molar-refractivity contribution in [2.75, 3.05) is 26.2 Å². The second-order valence-electron chi connectivity index (χ2n) is 8.27. The Morgan fingerprint density at radius 1 is 1.11 bits per heavy atom. The minimum Gasteiger partial charge on any atom is -0.337 e. The predicted molar refractivity (Wildman–Crippen MR) is 105 cm³/mol. The maximum atomic E-state index is 13.1. The molecular weight excluding hydrogens is 338 g/mol. The number of hydrogen-bond donors (Lipinski definition) is 0. The van der Waals surface area contributed by atoms with Crippen LogP contribution < -0.4 is 0 Å². The van der Waals surface area contributed by atoms with E-state index in [9.17, 15) is 4.79 Å². The first-order chi connectivity index (χ1) is 13.1. The first-order valence-corrected chi connectivity index (χ1v) is 10.1. The van der Waals surface area contributed by atoms with Gasteiger partial charge in [-0.2, -0.15) is 0 Å². The molecule has 1 atom stereocenters. The zero-order valence-corrected chi connectivity index (χ0v) is 16.3. The molecule has 1 saturated carbocycles. The lowest BCUT2D eigenvalue weighted by atomic mass is 10.0. The summed E-state index contributed by atoms with van der Waals surface area (Å²) in [6.07, 6.45) is 7.13. The summed E-state index contributed by atoms with van der Waals surface area (Å²) in [6, 6.07) is 8.18. The first kappa shape index (κ1) is 18.2. The minimum atomic E-state index is 0.143. The summed E-state index contributed by atoms with van der Waals surface area (Å²) in [6.45, 7) is 8.56. The lowest BCUT2D eigenvalue weighted by molar-refractivity contribution is 0.0704. The molecule has 4 rings (SSSR count). The highest BCUT2D eigenvalue weighted by Gasteiger charge is 2.33. The van der Waals surface area contributed by atoms with Crippen molar-refractivity contribution >= 4 is 5.91 Å². The Balaban J connectivity index is 1.47. The molecule has 1 aliphatic heterocycles. The second kappa shape index (κ2) is 7.80. The molecule has 0 spiro atoms. The van der Waals surface area contributed by atoms with Crippen LogP contribution in [0.15, 0.2) is 36.9 Å². The van der Waals surface area contributed by atoms with E-state index in [1.54, 1.807) is 12.7 Å². The van der Waals surface area contributed by atoms with E-state index in [-0.39, 0.29) is 5.91 Å². The number of rotatable bonds is 5. The number of aromatic nitrogens is 3. The van der Waals surface area contributed by atoms with Crippen molar-refractivity contribution in [3.63, 3.8) is 0 Å². The lowest BCUT2D eigenvalue weighted by Crippen LogP contribution is -2.46. The van der Waals surface area contributed by atoms with Crippen LogP contribution >= 0.6 is 0 Å². The van der Waals surface area contributed by atoms with Gasteiger partial charge in [0.05, 0.1) is 0 Å². The van der Waals surface area contributed by atoms with Gasteiger partial charge in [-0.3, -0.25) is 14.3 Å². The summed E-state index contributed by atoms with van der Waals surface area (Å²) >= 11 is 0. The van der Waals surface area contributed by atoms with Crippen LogP contribution in [0, 0.1) is 11.8 Å². The fourth-order valence-electron chi connectivity index (χ4n) is 4.03. The fraction of sp³-hybridized carbons (Fsp3) is 0.571. The summed E-state index contributed by atoms with van der Waals surface area (Å²) in [5, 5.41) is 7.66. The van der Waals surface area contributed by atoms with Gasteiger partial charge < -0.3 is 4.90 Å². The standard InChI is InChI=1S/C21H29N5O/c1-16(2)20-13-25(11-3-10-24(20)12-17-4-5-17)21(27)18-6-8-19(9-7-18)26-14-22-23-15-26/h6-9,14-17,20H,3-5,10-13H2,1-2H3/t20-/m0/s1. The van der Waals surface area contributed by atoms with Gasteiger partial charge in [0.2, 0.25) is 0 Å². The molecule has 144 valence electrons. The molecule has 1 aromatic carbocycles. The maximum Gasteiger partial charge on any atom is 0.253 e. The van der Waals surface area contributed by atoms with E-state index in [4.69, 9.17) is 0 Å². The van der Waals surface area contributed by atoms with Crippen molar-refractivity contribution in [3.8, 4) is 5.69 Å². The number of carbonyl (C=O) groups is 1. The summed E-state index contributed by atoms with van der Waals surface area (Å²) < 4.78 is 1.84. The van der Waals surface area contributed by atoms with Crippen LogP contribution in [0.3, 0.4) is 0 Å². The molecule has 6 heteroatoms. The molecule has 1 aromatic heterocycles. The summed E-state index contributed by atoms with van der Waals surface area (Å²) in [7, 11) is 0. The summed E-state index contributed by atoms with van der Waals surface area (Å²) in [5.41, 5.74) is 1.72. The number of amides is 1. The molecule has 0 unspecified atom stereocenters. The van der Waals surface area contributed by atoms with E-state index >= 15 is 0 Å². The molecule has 0 radical (unpaired) electrons. The molecule has 1 aliphatic carbocycles. The van der Waals surface area contributed by atoms with E-state index in [1.807, 2.05) is 28.8 Å². The molecule has 1 saturated heterocycles. The number of hydrogen-bond acceptors (Lipinski definition) is 4. The molecule has 2 aliphatic rings.